The van der Waals surface area contributed by atoms with E-state index in [9.17, 15) is 4.79 Å². The number of aromatic amines is 1. The Morgan fingerprint density at radius 2 is 1.97 bits per heavy atom. The summed E-state index contributed by atoms with van der Waals surface area (Å²) in [5.41, 5.74) is 5.34. The zero-order valence-electron chi connectivity index (χ0n) is 16.8. The number of hydrogen-bond acceptors (Lipinski definition) is 3. The van der Waals surface area contributed by atoms with Crippen LogP contribution in [0.25, 0.3) is 16.7 Å². The summed E-state index contributed by atoms with van der Waals surface area (Å²) >= 11 is 0. The molecule has 3 heterocycles. The summed E-state index contributed by atoms with van der Waals surface area (Å²) in [5, 5.41) is 2.85. The number of rotatable bonds is 3. The van der Waals surface area contributed by atoms with E-state index >= 15 is 0 Å². The maximum atomic E-state index is 12.7. The van der Waals surface area contributed by atoms with Gasteiger partial charge in [-0.1, -0.05) is 31.9 Å². The normalized spacial score (nSPS) is 19.7. The number of nitrogens with zero attached hydrogens (tertiary/aromatic N) is 3. The van der Waals surface area contributed by atoms with Crippen molar-refractivity contribution in [1.82, 2.24) is 19.4 Å². The first-order chi connectivity index (χ1) is 14.1. The number of carbonyl (C=O) groups excluding carboxylic acids is 1. The second-order valence-corrected chi connectivity index (χ2v) is 8.29. The van der Waals surface area contributed by atoms with E-state index in [1.165, 1.54) is 31.2 Å². The van der Waals surface area contributed by atoms with E-state index < -0.39 is 0 Å². The first-order valence-corrected chi connectivity index (χ1v) is 10.3. The average molecular weight is 387 g/mol. The van der Waals surface area contributed by atoms with Crippen molar-refractivity contribution in [3.8, 4) is 0 Å². The predicted molar refractivity (Wildman–Crippen MR) is 114 cm³/mol. The highest BCUT2D eigenvalue weighted by molar-refractivity contribution is 6.03. The molecule has 2 N–H and O–H groups in total. The maximum Gasteiger partial charge on any atom is 0.278 e. The van der Waals surface area contributed by atoms with Crippen molar-refractivity contribution < 1.29 is 4.79 Å². The molecule has 0 bridgehead atoms. The number of nitrogens with one attached hydrogen (secondary N) is 2. The van der Waals surface area contributed by atoms with Crippen molar-refractivity contribution >= 4 is 28.5 Å². The number of H-pyrrole nitrogens is 1. The maximum absolute atomic E-state index is 12.7. The number of amides is 1. The number of fused-ring (bicyclic) bond motifs is 2. The van der Waals surface area contributed by atoms with Crippen molar-refractivity contribution in [3.63, 3.8) is 0 Å². The van der Waals surface area contributed by atoms with Crippen LogP contribution in [0, 0.1) is 12.8 Å². The van der Waals surface area contributed by atoms with E-state index in [1.54, 1.807) is 6.20 Å². The first kappa shape index (κ1) is 17.9. The molecule has 1 aliphatic rings. The molecule has 6 nitrogen and oxygen atoms in total. The van der Waals surface area contributed by atoms with Crippen molar-refractivity contribution in [1.29, 1.82) is 0 Å². The second-order valence-electron chi connectivity index (χ2n) is 8.29. The van der Waals surface area contributed by atoms with Gasteiger partial charge in [0.2, 0.25) is 5.95 Å². The molecule has 6 heteroatoms. The number of aryl methyl sites for hydroxylation is 1. The van der Waals surface area contributed by atoms with Crippen LogP contribution < -0.4 is 5.32 Å². The van der Waals surface area contributed by atoms with Gasteiger partial charge in [0.25, 0.3) is 5.91 Å². The number of carbonyl (C=O) groups is 1. The van der Waals surface area contributed by atoms with Gasteiger partial charge in [-0.05, 0) is 61.4 Å². The van der Waals surface area contributed by atoms with Gasteiger partial charge in [0.05, 0.1) is 11.0 Å². The van der Waals surface area contributed by atoms with Crippen molar-refractivity contribution in [2.24, 2.45) is 5.92 Å². The Kier molecular flexibility index (Phi) is 4.34. The molecule has 148 valence electrons. The van der Waals surface area contributed by atoms with Gasteiger partial charge in [0.15, 0.2) is 0 Å². The third-order valence-corrected chi connectivity index (χ3v) is 6.15. The molecule has 4 aromatic rings. The Labute approximate surface area is 169 Å². The molecule has 1 amide bonds. The quantitative estimate of drug-likeness (QED) is 0.516. The smallest absolute Gasteiger partial charge is 0.278 e. The summed E-state index contributed by atoms with van der Waals surface area (Å²) in [4.78, 5) is 24.9. The molecular formula is C23H25N5O. The lowest BCUT2D eigenvalue weighted by atomic mass is 9.79. The number of benzene rings is 1. The van der Waals surface area contributed by atoms with Crippen molar-refractivity contribution in [2.75, 3.05) is 5.32 Å². The molecule has 1 aliphatic carbocycles. The standard InChI is InChI=1S/C23H25N5O/c1-14-6-8-16(9-7-14)17-10-11-18-19(12-17)26-23(25-18)27-22(29)20-13-28-15(2)4-3-5-21(28)24-20/h3-5,10-14,16H,6-9H2,1-2H3,(H2,25,26,27,29). The van der Waals surface area contributed by atoms with Gasteiger partial charge >= 0.3 is 0 Å². The van der Waals surface area contributed by atoms with Gasteiger partial charge < -0.3 is 9.38 Å². The van der Waals surface area contributed by atoms with Crippen LogP contribution in [0.5, 0.6) is 0 Å². The lowest BCUT2D eigenvalue weighted by Gasteiger charge is -2.26. The SMILES string of the molecule is Cc1cccc2nc(C(=O)Nc3nc4ccc(C5CCC(C)CC5)cc4[nH]3)cn12. The van der Waals surface area contributed by atoms with Crippen LogP contribution in [0.15, 0.2) is 42.6 Å². The highest BCUT2D eigenvalue weighted by Gasteiger charge is 2.20. The largest absolute Gasteiger partial charge is 0.324 e. The third kappa shape index (κ3) is 3.39. The van der Waals surface area contributed by atoms with Gasteiger partial charge in [-0.25, -0.2) is 9.97 Å². The summed E-state index contributed by atoms with van der Waals surface area (Å²) in [6.07, 6.45) is 6.84. The summed E-state index contributed by atoms with van der Waals surface area (Å²) in [5.74, 6) is 1.65. The van der Waals surface area contributed by atoms with Crippen LogP contribution in [0.1, 0.15) is 60.3 Å². The first-order valence-electron chi connectivity index (χ1n) is 10.3. The lowest BCUT2D eigenvalue weighted by molar-refractivity contribution is 0.102. The summed E-state index contributed by atoms with van der Waals surface area (Å²) < 4.78 is 1.91. The highest BCUT2D eigenvalue weighted by Crippen LogP contribution is 2.36. The number of anilines is 1. The third-order valence-electron chi connectivity index (χ3n) is 6.15. The van der Waals surface area contributed by atoms with Crippen LogP contribution in [0.2, 0.25) is 0 Å². The van der Waals surface area contributed by atoms with E-state index in [0.29, 0.717) is 17.6 Å². The van der Waals surface area contributed by atoms with Crippen molar-refractivity contribution in [3.05, 3.63) is 59.5 Å². The average Bonchev–Trinajstić information content (AvgIpc) is 3.32. The summed E-state index contributed by atoms with van der Waals surface area (Å²) in [6, 6.07) is 12.2. The topological polar surface area (TPSA) is 75.1 Å². The van der Waals surface area contributed by atoms with Gasteiger partial charge in [0, 0.05) is 11.9 Å². The van der Waals surface area contributed by atoms with E-state index in [2.05, 4.69) is 39.3 Å². The van der Waals surface area contributed by atoms with E-state index in [-0.39, 0.29) is 5.91 Å². The molecule has 0 aliphatic heterocycles. The minimum absolute atomic E-state index is 0.270. The molecule has 0 radical (unpaired) electrons. The molecule has 1 aromatic carbocycles. The fourth-order valence-electron chi connectivity index (χ4n) is 4.36. The molecule has 0 spiro atoms. The second kappa shape index (κ2) is 7.03. The molecule has 1 saturated carbocycles. The number of imidazole rings is 2. The van der Waals surface area contributed by atoms with Gasteiger partial charge in [-0.15, -0.1) is 0 Å². The zero-order chi connectivity index (χ0) is 20.0. The Hall–Kier alpha value is -3.15. The van der Waals surface area contributed by atoms with Crippen LogP contribution >= 0.6 is 0 Å². The van der Waals surface area contributed by atoms with E-state index in [0.717, 1.165) is 28.3 Å². The zero-order valence-corrected chi connectivity index (χ0v) is 16.8. The Balaban J connectivity index is 1.37. The predicted octanol–water partition coefficient (Wildman–Crippen LogP) is 5.07. The van der Waals surface area contributed by atoms with Gasteiger partial charge in [0.1, 0.15) is 11.3 Å². The molecule has 0 saturated heterocycles. The molecule has 3 aromatic heterocycles. The highest BCUT2D eigenvalue weighted by atomic mass is 16.2. The lowest BCUT2D eigenvalue weighted by Crippen LogP contribution is -2.13. The minimum Gasteiger partial charge on any atom is -0.324 e. The molecule has 29 heavy (non-hydrogen) atoms. The summed E-state index contributed by atoms with van der Waals surface area (Å²) in [6.45, 7) is 4.33. The molecule has 0 atom stereocenters. The summed E-state index contributed by atoms with van der Waals surface area (Å²) in [7, 11) is 0. The fourth-order valence-corrected chi connectivity index (χ4v) is 4.36. The van der Waals surface area contributed by atoms with Gasteiger partial charge in [-0.2, -0.15) is 0 Å². The monoisotopic (exact) mass is 387 g/mol. The molecular weight excluding hydrogens is 362 g/mol. The minimum atomic E-state index is -0.270. The number of pyridine rings is 1. The number of aromatic nitrogens is 4. The van der Waals surface area contributed by atoms with Crippen LogP contribution in [-0.2, 0) is 0 Å². The Morgan fingerprint density at radius 1 is 1.14 bits per heavy atom. The Morgan fingerprint density at radius 3 is 2.76 bits per heavy atom. The Bertz CT molecular complexity index is 1200. The van der Waals surface area contributed by atoms with E-state index in [1.807, 2.05) is 35.6 Å². The molecule has 1 fully saturated rings. The molecule has 0 unspecified atom stereocenters. The van der Waals surface area contributed by atoms with Crippen LogP contribution in [0.3, 0.4) is 0 Å². The van der Waals surface area contributed by atoms with Crippen LogP contribution in [-0.4, -0.2) is 25.3 Å². The van der Waals surface area contributed by atoms with Gasteiger partial charge in [-0.3, -0.25) is 10.1 Å². The van der Waals surface area contributed by atoms with Crippen molar-refractivity contribution in [2.45, 2.75) is 45.4 Å². The van der Waals surface area contributed by atoms with Crippen LogP contribution in [0.4, 0.5) is 5.95 Å². The van der Waals surface area contributed by atoms with E-state index in [4.69, 9.17) is 0 Å². The number of hydrogen-bond donors (Lipinski definition) is 2. The fraction of sp³-hybridized carbons (Fsp3) is 0.348. The molecule has 5 rings (SSSR count).